The van der Waals surface area contributed by atoms with E-state index in [1.54, 1.807) is 12.1 Å². The van der Waals surface area contributed by atoms with Gasteiger partial charge in [-0.1, -0.05) is 24.3 Å². The fourth-order valence-electron chi connectivity index (χ4n) is 4.80. The van der Waals surface area contributed by atoms with E-state index >= 15 is 0 Å². The molecular formula is C24H29FN2O2. The molecule has 2 saturated heterocycles. The molecule has 154 valence electrons. The molecule has 4 rings (SSSR count). The highest BCUT2D eigenvalue weighted by Gasteiger charge is 2.43. The zero-order valence-corrected chi connectivity index (χ0v) is 16.9. The molecule has 1 aromatic heterocycles. The van der Waals surface area contributed by atoms with Gasteiger partial charge in [-0.3, -0.25) is 9.78 Å². The molecule has 5 heteroatoms. The van der Waals surface area contributed by atoms with Gasteiger partial charge in [0.1, 0.15) is 5.82 Å². The zero-order chi connectivity index (χ0) is 20.1. The second-order valence-electron chi connectivity index (χ2n) is 8.45. The summed E-state index contributed by atoms with van der Waals surface area (Å²) in [6.07, 6.45) is 6.60. The van der Waals surface area contributed by atoms with Gasteiger partial charge in [-0.05, 0) is 68.2 Å². The molecule has 3 heterocycles. The third-order valence-electron chi connectivity index (χ3n) is 6.42. The fraction of sp³-hybridized carbons (Fsp3) is 0.500. The highest BCUT2D eigenvalue weighted by atomic mass is 19.1. The largest absolute Gasteiger partial charge is 0.381 e. The molecule has 1 atom stereocenters. The summed E-state index contributed by atoms with van der Waals surface area (Å²) in [5, 5.41) is 0. The second-order valence-corrected chi connectivity index (χ2v) is 8.45. The van der Waals surface area contributed by atoms with Crippen molar-refractivity contribution in [2.45, 2.75) is 38.5 Å². The minimum atomic E-state index is -0.562. The maximum absolute atomic E-state index is 14.4. The van der Waals surface area contributed by atoms with Crippen molar-refractivity contribution in [3.05, 3.63) is 65.7 Å². The number of benzene rings is 1. The lowest BCUT2D eigenvalue weighted by atomic mass is 9.73. The van der Waals surface area contributed by atoms with Gasteiger partial charge in [-0.2, -0.15) is 0 Å². The quantitative estimate of drug-likeness (QED) is 0.766. The number of aromatic nitrogens is 1. The number of carbonyl (C=O) groups excluding carboxylic acids is 1. The van der Waals surface area contributed by atoms with Crippen LogP contribution in [0, 0.1) is 17.2 Å². The molecule has 0 spiro atoms. The Morgan fingerprint density at radius 1 is 1.17 bits per heavy atom. The second kappa shape index (κ2) is 9.04. The van der Waals surface area contributed by atoms with Crippen LogP contribution < -0.4 is 0 Å². The van der Waals surface area contributed by atoms with Crippen molar-refractivity contribution in [1.29, 1.82) is 0 Å². The third-order valence-corrected chi connectivity index (χ3v) is 6.42. The van der Waals surface area contributed by atoms with Crippen LogP contribution in [0.5, 0.6) is 0 Å². The number of hydrogen-bond donors (Lipinski definition) is 0. The molecule has 0 unspecified atom stereocenters. The normalized spacial score (nSPS) is 21.7. The maximum atomic E-state index is 14.4. The molecule has 29 heavy (non-hydrogen) atoms. The lowest BCUT2D eigenvalue weighted by molar-refractivity contribution is -0.150. The van der Waals surface area contributed by atoms with Crippen molar-refractivity contribution in [3.63, 3.8) is 0 Å². The Hall–Kier alpha value is -2.27. The smallest absolute Gasteiger partial charge is 0.229 e. The first-order chi connectivity index (χ1) is 14.2. The Kier molecular flexibility index (Phi) is 6.24. The number of pyridine rings is 1. The molecular weight excluding hydrogens is 367 g/mol. The molecule has 4 nitrogen and oxygen atoms in total. The van der Waals surface area contributed by atoms with E-state index in [0.29, 0.717) is 44.0 Å². The minimum absolute atomic E-state index is 0.176. The number of rotatable bonds is 5. The highest BCUT2D eigenvalue weighted by Crippen LogP contribution is 2.38. The monoisotopic (exact) mass is 396 g/mol. The summed E-state index contributed by atoms with van der Waals surface area (Å²) < 4.78 is 19.9. The van der Waals surface area contributed by atoms with Crippen molar-refractivity contribution < 1.29 is 13.9 Å². The van der Waals surface area contributed by atoms with Gasteiger partial charge in [-0.25, -0.2) is 4.39 Å². The van der Waals surface area contributed by atoms with Gasteiger partial charge in [-0.15, -0.1) is 0 Å². The fourth-order valence-corrected chi connectivity index (χ4v) is 4.80. The SMILES string of the molecule is O=C(N1CCC[C@@H](Cc2ccccn2)C1)C1(Cc2ccccc2F)CCOCC1. The average molecular weight is 397 g/mol. The molecule has 2 aliphatic heterocycles. The molecule has 1 aromatic carbocycles. The van der Waals surface area contributed by atoms with E-state index in [0.717, 1.165) is 38.0 Å². The summed E-state index contributed by atoms with van der Waals surface area (Å²) in [5.74, 6) is 0.376. The first kappa shape index (κ1) is 20.0. The average Bonchev–Trinajstić information content (AvgIpc) is 2.76. The number of likely N-dealkylation sites (tertiary alicyclic amines) is 1. The molecule has 0 saturated carbocycles. The Morgan fingerprint density at radius 2 is 1.97 bits per heavy atom. The Bertz CT molecular complexity index is 821. The van der Waals surface area contributed by atoms with Crippen molar-refractivity contribution in [3.8, 4) is 0 Å². The van der Waals surface area contributed by atoms with E-state index < -0.39 is 5.41 Å². The first-order valence-electron chi connectivity index (χ1n) is 10.7. The molecule has 2 aliphatic rings. The van der Waals surface area contributed by atoms with Gasteiger partial charge in [0.05, 0.1) is 5.41 Å². The molecule has 0 N–H and O–H groups in total. The van der Waals surface area contributed by atoms with Crippen LogP contribution in [-0.4, -0.2) is 42.1 Å². The summed E-state index contributed by atoms with van der Waals surface area (Å²) in [4.78, 5) is 20.2. The van der Waals surface area contributed by atoms with E-state index in [1.807, 2.05) is 29.3 Å². The van der Waals surface area contributed by atoms with Gasteiger partial charge >= 0.3 is 0 Å². The van der Waals surface area contributed by atoms with Crippen LogP contribution in [0.1, 0.15) is 36.9 Å². The van der Waals surface area contributed by atoms with E-state index in [1.165, 1.54) is 6.07 Å². The van der Waals surface area contributed by atoms with Crippen LogP contribution in [0.25, 0.3) is 0 Å². The number of carbonyl (C=O) groups is 1. The number of ether oxygens (including phenoxy) is 1. The number of hydrogen-bond acceptors (Lipinski definition) is 3. The summed E-state index contributed by atoms with van der Waals surface area (Å²) in [6, 6.07) is 12.8. The molecule has 1 amide bonds. The van der Waals surface area contributed by atoms with Crippen LogP contribution in [0.4, 0.5) is 4.39 Å². The molecule has 2 aromatic rings. The number of nitrogens with zero attached hydrogens (tertiary/aromatic N) is 2. The van der Waals surface area contributed by atoms with Gasteiger partial charge < -0.3 is 9.64 Å². The molecule has 0 aliphatic carbocycles. The number of piperidine rings is 1. The van der Waals surface area contributed by atoms with Crippen molar-refractivity contribution in [1.82, 2.24) is 9.88 Å². The topological polar surface area (TPSA) is 42.4 Å². The molecule has 0 radical (unpaired) electrons. The number of halogens is 1. The summed E-state index contributed by atoms with van der Waals surface area (Å²) >= 11 is 0. The number of amides is 1. The van der Waals surface area contributed by atoms with Crippen molar-refractivity contribution >= 4 is 5.91 Å². The van der Waals surface area contributed by atoms with Crippen molar-refractivity contribution in [2.75, 3.05) is 26.3 Å². The van der Waals surface area contributed by atoms with Gasteiger partial charge in [0.2, 0.25) is 5.91 Å². The van der Waals surface area contributed by atoms with Crippen molar-refractivity contribution in [2.24, 2.45) is 11.3 Å². The van der Waals surface area contributed by atoms with E-state index in [2.05, 4.69) is 11.1 Å². The predicted octanol–water partition coefficient (Wildman–Crippen LogP) is 4.04. The molecule has 2 fully saturated rings. The highest BCUT2D eigenvalue weighted by molar-refractivity contribution is 5.83. The third kappa shape index (κ3) is 4.67. The maximum Gasteiger partial charge on any atom is 0.229 e. The van der Waals surface area contributed by atoms with Crippen LogP contribution >= 0.6 is 0 Å². The van der Waals surface area contributed by atoms with Crippen LogP contribution in [0.15, 0.2) is 48.7 Å². The minimum Gasteiger partial charge on any atom is -0.381 e. The lowest BCUT2D eigenvalue weighted by Gasteiger charge is -2.42. The van der Waals surface area contributed by atoms with E-state index in [4.69, 9.17) is 4.74 Å². The van der Waals surface area contributed by atoms with Crippen LogP contribution in [0.3, 0.4) is 0 Å². The standard InChI is InChI=1S/C24H29FN2O2/c25-22-9-2-1-7-20(22)17-24(10-14-29-15-11-24)23(28)27-13-5-6-19(18-27)16-21-8-3-4-12-26-21/h1-4,7-9,12,19H,5-6,10-11,13-18H2/t19-/m0/s1. The van der Waals surface area contributed by atoms with E-state index in [-0.39, 0.29) is 11.7 Å². The van der Waals surface area contributed by atoms with Gasteiger partial charge in [0.15, 0.2) is 0 Å². The lowest BCUT2D eigenvalue weighted by Crippen LogP contribution is -2.51. The Balaban J connectivity index is 1.50. The molecule has 0 bridgehead atoms. The Morgan fingerprint density at radius 3 is 2.72 bits per heavy atom. The summed E-state index contributed by atoms with van der Waals surface area (Å²) in [5.41, 5.74) is 1.15. The van der Waals surface area contributed by atoms with E-state index in [9.17, 15) is 9.18 Å². The Labute approximate surface area is 172 Å². The summed E-state index contributed by atoms with van der Waals surface area (Å²) in [7, 11) is 0. The van der Waals surface area contributed by atoms with Crippen LogP contribution in [0.2, 0.25) is 0 Å². The van der Waals surface area contributed by atoms with Gasteiger partial charge in [0.25, 0.3) is 0 Å². The van der Waals surface area contributed by atoms with Gasteiger partial charge in [0, 0.05) is 38.2 Å². The first-order valence-corrected chi connectivity index (χ1v) is 10.7. The van der Waals surface area contributed by atoms with Crippen LogP contribution in [-0.2, 0) is 22.4 Å². The summed E-state index contributed by atoms with van der Waals surface area (Å²) in [6.45, 7) is 2.67. The predicted molar refractivity (Wildman–Crippen MR) is 110 cm³/mol. The zero-order valence-electron chi connectivity index (χ0n) is 16.9.